The summed E-state index contributed by atoms with van der Waals surface area (Å²) in [6.07, 6.45) is 6.83. The highest BCUT2D eigenvalue weighted by Gasteiger charge is 2.28. The second-order valence-corrected chi connectivity index (χ2v) is 4.04. The SMILES string of the molecule is CCCCCCCC(N)C(O)(O)CC. The van der Waals surface area contributed by atoms with Crippen LogP contribution in [0.3, 0.4) is 0 Å². The summed E-state index contributed by atoms with van der Waals surface area (Å²) in [6.45, 7) is 3.91. The molecule has 1 unspecified atom stereocenters. The topological polar surface area (TPSA) is 66.5 Å². The highest BCUT2D eigenvalue weighted by Crippen LogP contribution is 2.15. The standard InChI is InChI=1S/C11H25NO2/c1-3-5-6-7-8-9-10(12)11(13,14)4-2/h10,13-14H,3-9,12H2,1-2H3. The van der Waals surface area contributed by atoms with E-state index in [1.54, 1.807) is 6.92 Å². The van der Waals surface area contributed by atoms with Gasteiger partial charge in [0, 0.05) is 0 Å². The molecule has 0 aliphatic heterocycles. The fourth-order valence-corrected chi connectivity index (χ4v) is 1.46. The maximum Gasteiger partial charge on any atom is 0.177 e. The summed E-state index contributed by atoms with van der Waals surface area (Å²) < 4.78 is 0. The molecule has 0 aliphatic rings. The van der Waals surface area contributed by atoms with Crippen molar-refractivity contribution in [1.82, 2.24) is 0 Å². The summed E-state index contributed by atoms with van der Waals surface area (Å²) in [5.74, 6) is -1.68. The lowest BCUT2D eigenvalue weighted by molar-refractivity contribution is -0.179. The zero-order valence-electron chi connectivity index (χ0n) is 9.50. The van der Waals surface area contributed by atoms with E-state index in [1.807, 2.05) is 0 Å². The van der Waals surface area contributed by atoms with E-state index >= 15 is 0 Å². The van der Waals surface area contributed by atoms with Crippen molar-refractivity contribution in [2.45, 2.75) is 70.6 Å². The highest BCUT2D eigenvalue weighted by molar-refractivity contribution is 4.77. The van der Waals surface area contributed by atoms with Gasteiger partial charge in [0.05, 0.1) is 6.04 Å². The van der Waals surface area contributed by atoms with Gasteiger partial charge in [-0.15, -0.1) is 0 Å². The molecule has 0 spiro atoms. The van der Waals surface area contributed by atoms with Crippen LogP contribution in [-0.2, 0) is 0 Å². The van der Waals surface area contributed by atoms with Gasteiger partial charge in [0.15, 0.2) is 5.79 Å². The first-order chi connectivity index (χ1) is 6.54. The van der Waals surface area contributed by atoms with Crippen LogP contribution in [0.4, 0.5) is 0 Å². The fourth-order valence-electron chi connectivity index (χ4n) is 1.46. The fraction of sp³-hybridized carbons (Fsp3) is 1.00. The normalized spacial score (nSPS) is 14.4. The molecule has 0 radical (unpaired) electrons. The minimum atomic E-state index is -1.68. The van der Waals surface area contributed by atoms with Gasteiger partial charge >= 0.3 is 0 Å². The van der Waals surface area contributed by atoms with Crippen LogP contribution in [0.5, 0.6) is 0 Å². The molecule has 4 N–H and O–H groups in total. The molecule has 0 aromatic heterocycles. The Morgan fingerprint density at radius 3 is 2.14 bits per heavy atom. The third kappa shape index (κ3) is 5.58. The van der Waals surface area contributed by atoms with Gasteiger partial charge < -0.3 is 15.9 Å². The molecule has 0 aromatic rings. The van der Waals surface area contributed by atoms with E-state index < -0.39 is 11.8 Å². The number of hydrogen-bond acceptors (Lipinski definition) is 3. The molecule has 0 heterocycles. The van der Waals surface area contributed by atoms with Gasteiger partial charge in [0.2, 0.25) is 0 Å². The number of nitrogens with two attached hydrogens (primary N) is 1. The summed E-state index contributed by atoms with van der Waals surface area (Å²) in [4.78, 5) is 0. The molecule has 3 heteroatoms. The third-order valence-corrected chi connectivity index (χ3v) is 2.73. The van der Waals surface area contributed by atoms with Crippen molar-refractivity contribution < 1.29 is 10.2 Å². The lowest BCUT2D eigenvalue weighted by Gasteiger charge is -2.27. The number of hydrogen-bond donors (Lipinski definition) is 3. The van der Waals surface area contributed by atoms with Crippen LogP contribution in [0, 0.1) is 0 Å². The second-order valence-electron chi connectivity index (χ2n) is 4.04. The Morgan fingerprint density at radius 1 is 1.07 bits per heavy atom. The first kappa shape index (κ1) is 13.9. The van der Waals surface area contributed by atoms with Gasteiger partial charge in [-0.05, 0) is 12.8 Å². The van der Waals surface area contributed by atoms with E-state index in [4.69, 9.17) is 5.73 Å². The van der Waals surface area contributed by atoms with Gasteiger partial charge in [0.25, 0.3) is 0 Å². The van der Waals surface area contributed by atoms with Crippen LogP contribution in [0.15, 0.2) is 0 Å². The molecule has 86 valence electrons. The molecule has 0 bridgehead atoms. The minimum Gasteiger partial charge on any atom is -0.364 e. The summed E-state index contributed by atoms with van der Waals surface area (Å²) >= 11 is 0. The van der Waals surface area contributed by atoms with Crippen LogP contribution in [0.1, 0.15) is 58.8 Å². The Kier molecular flexibility index (Phi) is 7.15. The van der Waals surface area contributed by atoms with Crippen molar-refractivity contribution in [2.75, 3.05) is 0 Å². The first-order valence-corrected chi connectivity index (χ1v) is 5.75. The zero-order chi connectivity index (χ0) is 11.0. The number of rotatable bonds is 8. The maximum absolute atomic E-state index is 9.42. The Bertz CT molecular complexity index is 137. The Labute approximate surface area is 87.3 Å². The molecular weight excluding hydrogens is 178 g/mol. The summed E-state index contributed by atoms with van der Waals surface area (Å²) in [5, 5.41) is 18.8. The Hall–Kier alpha value is -0.120. The van der Waals surface area contributed by atoms with E-state index in [0.29, 0.717) is 12.8 Å². The lowest BCUT2D eigenvalue weighted by Crippen LogP contribution is -2.47. The largest absolute Gasteiger partial charge is 0.364 e. The summed E-state index contributed by atoms with van der Waals surface area (Å²) in [6, 6.07) is -0.505. The minimum absolute atomic E-state index is 0.295. The molecule has 0 saturated heterocycles. The predicted molar refractivity (Wildman–Crippen MR) is 58.8 cm³/mol. The molecular formula is C11H25NO2. The first-order valence-electron chi connectivity index (χ1n) is 5.75. The molecule has 0 amide bonds. The van der Waals surface area contributed by atoms with E-state index in [-0.39, 0.29) is 0 Å². The van der Waals surface area contributed by atoms with Crippen LogP contribution in [0.25, 0.3) is 0 Å². The van der Waals surface area contributed by atoms with Crippen molar-refractivity contribution in [3.05, 3.63) is 0 Å². The van der Waals surface area contributed by atoms with E-state index in [0.717, 1.165) is 12.8 Å². The lowest BCUT2D eigenvalue weighted by atomic mass is 9.98. The number of unbranched alkanes of at least 4 members (excludes halogenated alkanes) is 4. The second kappa shape index (κ2) is 7.21. The third-order valence-electron chi connectivity index (χ3n) is 2.73. The molecule has 0 aromatic carbocycles. The van der Waals surface area contributed by atoms with Gasteiger partial charge in [0.1, 0.15) is 0 Å². The van der Waals surface area contributed by atoms with E-state index in [2.05, 4.69) is 6.92 Å². The van der Waals surface area contributed by atoms with Crippen molar-refractivity contribution in [3.8, 4) is 0 Å². The quantitative estimate of drug-likeness (QED) is 0.416. The van der Waals surface area contributed by atoms with Crippen LogP contribution < -0.4 is 5.73 Å². The summed E-state index contributed by atoms with van der Waals surface area (Å²) in [7, 11) is 0. The highest BCUT2D eigenvalue weighted by atomic mass is 16.5. The van der Waals surface area contributed by atoms with Crippen molar-refractivity contribution in [1.29, 1.82) is 0 Å². The molecule has 0 rings (SSSR count). The average Bonchev–Trinajstić information content (AvgIpc) is 2.17. The van der Waals surface area contributed by atoms with Crippen molar-refractivity contribution in [3.63, 3.8) is 0 Å². The molecule has 0 saturated carbocycles. The van der Waals surface area contributed by atoms with Crippen LogP contribution in [0.2, 0.25) is 0 Å². The van der Waals surface area contributed by atoms with Crippen LogP contribution in [-0.4, -0.2) is 22.0 Å². The average molecular weight is 203 g/mol. The Balaban J connectivity index is 3.48. The number of aliphatic hydroxyl groups is 2. The van der Waals surface area contributed by atoms with Gasteiger partial charge in [-0.2, -0.15) is 0 Å². The molecule has 0 aliphatic carbocycles. The van der Waals surface area contributed by atoms with Crippen LogP contribution >= 0.6 is 0 Å². The molecule has 0 fully saturated rings. The maximum atomic E-state index is 9.42. The predicted octanol–water partition coefficient (Wildman–Crippen LogP) is 1.77. The molecule has 3 nitrogen and oxygen atoms in total. The van der Waals surface area contributed by atoms with Gasteiger partial charge in [-0.3, -0.25) is 0 Å². The molecule has 1 atom stereocenters. The van der Waals surface area contributed by atoms with Crippen molar-refractivity contribution >= 4 is 0 Å². The summed E-state index contributed by atoms with van der Waals surface area (Å²) in [5.41, 5.74) is 5.68. The molecule has 14 heavy (non-hydrogen) atoms. The smallest absolute Gasteiger partial charge is 0.177 e. The van der Waals surface area contributed by atoms with E-state index in [9.17, 15) is 10.2 Å². The monoisotopic (exact) mass is 203 g/mol. The van der Waals surface area contributed by atoms with Gasteiger partial charge in [-0.25, -0.2) is 0 Å². The Morgan fingerprint density at radius 2 is 1.64 bits per heavy atom. The van der Waals surface area contributed by atoms with Gasteiger partial charge in [-0.1, -0.05) is 46.0 Å². The van der Waals surface area contributed by atoms with Crippen molar-refractivity contribution in [2.24, 2.45) is 5.73 Å². The van der Waals surface area contributed by atoms with E-state index in [1.165, 1.54) is 19.3 Å². The zero-order valence-corrected chi connectivity index (χ0v) is 9.50.